The van der Waals surface area contributed by atoms with Crippen LogP contribution in [0.3, 0.4) is 0 Å². The van der Waals surface area contributed by atoms with Crippen LogP contribution in [-0.4, -0.2) is 66.8 Å². The highest BCUT2D eigenvalue weighted by Crippen LogP contribution is 2.34. The van der Waals surface area contributed by atoms with E-state index in [1.807, 2.05) is 60.7 Å². The van der Waals surface area contributed by atoms with Gasteiger partial charge in [-0.2, -0.15) is 0 Å². The molecular weight excluding hydrogens is 496 g/mol. The number of rotatable bonds is 6. The van der Waals surface area contributed by atoms with Crippen molar-refractivity contribution in [3.05, 3.63) is 78.4 Å². The van der Waals surface area contributed by atoms with Gasteiger partial charge in [-0.3, -0.25) is 9.69 Å². The lowest BCUT2D eigenvalue weighted by Gasteiger charge is -2.44. The molecule has 204 valence electrons. The Morgan fingerprint density at radius 3 is 2.56 bits per heavy atom. The summed E-state index contributed by atoms with van der Waals surface area (Å²) in [5.74, 6) is 1.44. The number of β-amino-alcohol motifs (C(OH)–C–C–N with tert-alkyl or cyclic N) is 1. The van der Waals surface area contributed by atoms with Crippen molar-refractivity contribution in [3.8, 4) is 22.6 Å². The maximum absolute atomic E-state index is 12.9. The van der Waals surface area contributed by atoms with E-state index in [4.69, 9.17) is 18.9 Å². The topological polar surface area (TPSA) is 89.5 Å². The zero-order valence-corrected chi connectivity index (χ0v) is 21.8. The molecule has 2 fully saturated rings. The lowest BCUT2D eigenvalue weighted by Crippen LogP contribution is -2.55. The Balaban J connectivity index is 1.06. The van der Waals surface area contributed by atoms with Crippen LogP contribution in [0, 0.1) is 0 Å². The second-order valence-electron chi connectivity index (χ2n) is 10.4. The van der Waals surface area contributed by atoms with Gasteiger partial charge in [-0.05, 0) is 53.8 Å². The minimum Gasteiger partial charge on any atom is -0.454 e. The summed E-state index contributed by atoms with van der Waals surface area (Å²) >= 11 is 0. The normalized spacial score (nSPS) is 24.8. The molecule has 0 aliphatic carbocycles. The highest BCUT2D eigenvalue weighted by molar-refractivity contribution is 5.91. The monoisotopic (exact) mass is 530 g/mol. The van der Waals surface area contributed by atoms with Crippen LogP contribution in [0.4, 0.5) is 5.69 Å². The van der Waals surface area contributed by atoms with Gasteiger partial charge in [0.1, 0.15) is 0 Å². The molecule has 3 heterocycles. The molecule has 6 rings (SSSR count). The number of amides is 1. The fraction of sp³-hybridized carbons (Fsp3) is 0.387. The highest BCUT2D eigenvalue weighted by atomic mass is 16.7. The minimum atomic E-state index is -0.572. The summed E-state index contributed by atoms with van der Waals surface area (Å²) < 4.78 is 23.2. The second kappa shape index (κ2) is 11.8. The van der Waals surface area contributed by atoms with Gasteiger partial charge in [0.25, 0.3) is 0 Å². The summed E-state index contributed by atoms with van der Waals surface area (Å²) in [5.41, 5.74) is 4.11. The first kappa shape index (κ1) is 25.8. The molecule has 4 atom stereocenters. The fourth-order valence-electron chi connectivity index (χ4n) is 5.70. The van der Waals surface area contributed by atoms with E-state index >= 15 is 0 Å². The molecule has 0 spiro atoms. The largest absolute Gasteiger partial charge is 0.454 e. The number of nitrogens with zero attached hydrogens (tertiary/aromatic N) is 1. The number of carbonyl (C=O) groups excluding carboxylic acids is 1. The molecule has 3 aliphatic heterocycles. The van der Waals surface area contributed by atoms with Crippen LogP contribution in [0.5, 0.6) is 11.5 Å². The van der Waals surface area contributed by atoms with Gasteiger partial charge in [-0.25, -0.2) is 0 Å². The van der Waals surface area contributed by atoms with Crippen LogP contribution in [0.1, 0.15) is 24.8 Å². The average Bonchev–Trinajstić information content (AvgIpc) is 3.41. The second-order valence-corrected chi connectivity index (χ2v) is 10.4. The summed E-state index contributed by atoms with van der Waals surface area (Å²) in [4.78, 5) is 15.1. The third-order valence-corrected chi connectivity index (χ3v) is 7.60. The molecule has 2 N–H and O–H groups in total. The SMILES string of the molecule is O=C(C[C@H]1CC[C@@H]2[C@H](COC[C@H](O)CN2Cc2ccc3c(c2)OCO3)O1)Nc1ccc(-c2ccccc2)cc1. The lowest BCUT2D eigenvalue weighted by molar-refractivity contribution is -0.156. The Morgan fingerprint density at radius 2 is 1.72 bits per heavy atom. The molecule has 8 nitrogen and oxygen atoms in total. The Kier molecular flexibility index (Phi) is 7.78. The molecule has 3 aromatic rings. The predicted molar refractivity (Wildman–Crippen MR) is 147 cm³/mol. The molecule has 0 unspecified atom stereocenters. The van der Waals surface area contributed by atoms with E-state index in [1.54, 1.807) is 0 Å². The number of carbonyl (C=O) groups is 1. The number of aliphatic hydroxyl groups is 1. The Labute approximate surface area is 228 Å². The number of ether oxygens (including phenoxy) is 4. The molecule has 0 saturated carbocycles. The van der Waals surface area contributed by atoms with Crippen LogP contribution < -0.4 is 14.8 Å². The predicted octanol–water partition coefficient (Wildman–Crippen LogP) is 4.22. The highest BCUT2D eigenvalue weighted by Gasteiger charge is 2.38. The first-order valence-electron chi connectivity index (χ1n) is 13.6. The van der Waals surface area contributed by atoms with Gasteiger partial charge in [-0.15, -0.1) is 0 Å². The van der Waals surface area contributed by atoms with Crippen LogP contribution >= 0.6 is 0 Å². The van der Waals surface area contributed by atoms with Gasteiger partial charge in [0, 0.05) is 24.8 Å². The zero-order valence-electron chi connectivity index (χ0n) is 21.8. The number of hydrogen-bond acceptors (Lipinski definition) is 7. The van der Waals surface area contributed by atoms with Gasteiger partial charge in [0.2, 0.25) is 12.7 Å². The molecule has 39 heavy (non-hydrogen) atoms. The van der Waals surface area contributed by atoms with Crippen molar-refractivity contribution in [3.63, 3.8) is 0 Å². The van der Waals surface area contributed by atoms with E-state index in [9.17, 15) is 9.90 Å². The molecule has 3 aromatic carbocycles. The van der Waals surface area contributed by atoms with E-state index in [0.717, 1.165) is 46.7 Å². The van der Waals surface area contributed by atoms with E-state index in [1.165, 1.54) is 0 Å². The number of nitrogens with one attached hydrogen (secondary N) is 1. The van der Waals surface area contributed by atoms with Gasteiger partial charge < -0.3 is 29.4 Å². The Hall–Kier alpha value is -3.43. The van der Waals surface area contributed by atoms with Crippen LogP contribution in [-0.2, 0) is 20.8 Å². The third-order valence-electron chi connectivity index (χ3n) is 7.60. The molecule has 0 bridgehead atoms. The summed E-state index contributed by atoms with van der Waals surface area (Å²) in [5, 5.41) is 13.5. The van der Waals surface area contributed by atoms with Crippen molar-refractivity contribution in [1.29, 1.82) is 0 Å². The van der Waals surface area contributed by atoms with Crippen molar-refractivity contribution < 1.29 is 28.8 Å². The number of fused-ring (bicyclic) bond motifs is 2. The standard InChI is InChI=1S/C31H34N2O6/c34-25-17-33(16-21-6-13-28-29(14-21)38-20-37-28)27-12-11-26(39-30(27)19-36-18-25)15-31(35)32-24-9-7-23(8-10-24)22-4-2-1-3-5-22/h1-10,13-14,25-27,30,34H,11-12,15-20H2,(H,32,35)/t25-,26-,27-,30+/m1/s1. The fourth-order valence-corrected chi connectivity index (χ4v) is 5.70. The van der Waals surface area contributed by atoms with Crippen molar-refractivity contribution in [1.82, 2.24) is 4.90 Å². The quantitative estimate of drug-likeness (QED) is 0.493. The molecule has 2 saturated heterocycles. The summed E-state index contributed by atoms with van der Waals surface area (Å²) in [6.07, 6.45) is 0.966. The van der Waals surface area contributed by atoms with E-state index in [-0.39, 0.29) is 44.0 Å². The maximum Gasteiger partial charge on any atom is 0.231 e. The lowest BCUT2D eigenvalue weighted by atomic mass is 9.94. The molecular formula is C31H34N2O6. The van der Waals surface area contributed by atoms with Crippen LogP contribution in [0.25, 0.3) is 11.1 Å². The zero-order chi connectivity index (χ0) is 26.6. The van der Waals surface area contributed by atoms with E-state index in [2.05, 4.69) is 22.3 Å². The molecule has 3 aliphatic rings. The van der Waals surface area contributed by atoms with Crippen molar-refractivity contribution >= 4 is 11.6 Å². The number of aliphatic hydroxyl groups excluding tert-OH is 1. The number of hydrogen-bond donors (Lipinski definition) is 2. The molecule has 0 radical (unpaired) electrons. The number of anilines is 1. The van der Waals surface area contributed by atoms with Crippen LogP contribution in [0.15, 0.2) is 72.8 Å². The molecule has 1 amide bonds. The van der Waals surface area contributed by atoms with Crippen molar-refractivity contribution in [2.24, 2.45) is 0 Å². The van der Waals surface area contributed by atoms with E-state index < -0.39 is 6.10 Å². The van der Waals surface area contributed by atoms with Gasteiger partial charge in [0.15, 0.2) is 11.5 Å². The molecule has 8 heteroatoms. The first-order chi connectivity index (χ1) is 19.1. The molecule has 0 aromatic heterocycles. The van der Waals surface area contributed by atoms with Crippen molar-refractivity contribution in [2.45, 2.75) is 50.2 Å². The van der Waals surface area contributed by atoms with Crippen LogP contribution in [0.2, 0.25) is 0 Å². The summed E-state index contributed by atoms with van der Waals surface area (Å²) in [6.45, 7) is 2.03. The van der Waals surface area contributed by atoms with Gasteiger partial charge in [-0.1, -0.05) is 48.5 Å². The minimum absolute atomic E-state index is 0.0645. The maximum atomic E-state index is 12.9. The third kappa shape index (κ3) is 6.25. The van der Waals surface area contributed by atoms with Gasteiger partial charge >= 0.3 is 0 Å². The Bertz CT molecular complexity index is 1270. The average molecular weight is 531 g/mol. The van der Waals surface area contributed by atoms with Crippen molar-refractivity contribution in [2.75, 3.05) is 31.9 Å². The number of benzene rings is 3. The summed E-state index contributed by atoms with van der Waals surface area (Å²) in [6, 6.07) is 24.1. The Morgan fingerprint density at radius 1 is 0.923 bits per heavy atom. The van der Waals surface area contributed by atoms with E-state index in [0.29, 0.717) is 19.7 Å². The first-order valence-corrected chi connectivity index (χ1v) is 13.6. The smallest absolute Gasteiger partial charge is 0.231 e. The van der Waals surface area contributed by atoms with Gasteiger partial charge in [0.05, 0.1) is 37.9 Å². The summed E-state index contributed by atoms with van der Waals surface area (Å²) in [7, 11) is 0.